The summed E-state index contributed by atoms with van der Waals surface area (Å²) in [7, 11) is 0. The molecule has 11 aromatic rings. The highest BCUT2D eigenvalue weighted by Gasteiger charge is 2.16. The molecule has 11 rings (SSSR count). The van der Waals surface area contributed by atoms with Crippen molar-refractivity contribution in [3.63, 3.8) is 0 Å². The predicted molar refractivity (Wildman–Crippen MR) is 253 cm³/mol. The zero-order valence-electron chi connectivity index (χ0n) is 32.8. The Morgan fingerprint density at radius 2 is 0.683 bits per heavy atom. The van der Waals surface area contributed by atoms with Gasteiger partial charge in [0.15, 0.2) is 5.82 Å². The number of fused-ring (bicyclic) bond motifs is 4. The van der Waals surface area contributed by atoms with Gasteiger partial charge in [-0.25, -0.2) is 9.97 Å². The second-order valence-electron chi connectivity index (χ2n) is 15.4. The fourth-order valence-corrected chi connectivity index (χ4v) is 8.67. The van der Waals surface area contributed by atoms with Gasteiger partial charge in [0.25, 0.3) is 0 Å². The highest BCUT2D eigenvalue weighted by atomic mass is 14.9. The quantitative estimate of drug-likeness (QED) is 0.119. The van der Waals surface area contributed by atoms with E-state index in [2.05, 4.69) is 212 Å². The van der Waals surface area contributed by atoms with E-state index in [0.29, 0.717) is 5.82 Å². The lowest BCUT2D eigenvalue weighted by molar-refractivity contribution is 1.18. The highest BCUT2D eigenvalue weighted by Crippen LogP contribution is 2.41. The average Bonchev–Trinajstić information content (AvgIpc) is 3.34. The molecular weight excluding hydrogens is 725 g/mol. The van der Waals surface area contributed by atoms with E-state index in [1.54, 1.807) is 0 Å². The van der Waals surface area contributed by atoms with Gasteiger partial charge >= 0.3 is 0 Å². The molecule has 2 heteroatoms. The van der Waals surface area contributed by atoms with E-state index in [9.17, 15) is 0 Å². The summed E-state index contributed by atoms with van der Waals surface area (Å²) in [5, 5.41) is 7.54. The van der Waals surface area contributed by atoms with Gasteiger partial charge in [0.2, 0.25) is 0 Å². The maximum absolute atomic E-state index is 5.25. The number of hydrogen-bond acceptors (Lipinski definition) is 2. The minimum atomic E-state index is 0.692. The normalized spacial score (nSPS) is 11.3. The van der Waals surface area contributed by atoms with Crippen molar-refractivity contribution in [2.24, 2.45) is 0 Å². The van der Waals surface area contributed by atoms with Crippen LogP contribution in [0.15, 0.2) is 231 Å². The monoisotopic (exact) mass is 762 g/mol. The molecule has 0 aliphatic rings. The van der Waals surface area contributed by atoms with Gasteiger partial charge in [0.1, 0.15) is 0 Å². The van der Waals surface area contributed by atoms with E-state index < -0.39 is 0 Å². The molecule has 0 radical (unpaired) electrons. The van der Waals surface area contributed by atoms with E-state index >= 15 is 0 Å². The van der Waals surface area contributed by atoms with Crippen molar-refractivity contribution >= 4 is 32.3 Å². The summed E-state index contributed by atoms with van der Waals surface area (Å²) in [5.74, 6) is 0.692. The summed E-state index contributed by atoms with van der Waals surface area (Å²) in [4.78, 5) is 10.5. The molecule has 0 amide bonds. The lowest BCUT2D eigenvalue weighted by Gasteiger charge is -2.15. The molecule has 0 atom stereocenters. The lowest BCUT2D eigenvalue weighted by Crippen LogP contribution is -1.97. The van der Waals surface area contributed by atoms with Crippen molar-refractivity contribution in [1.82, 2.24) is 9.97 Å². The van der Waals surface area contributed by atoms with E-state index in [1.165, 1.54) is 43.4 Å². The maximum Gasteiger partial charge on any atom is 0.160 e. The molecule has 1 aromatic heterocycles. The number of aromatic nitrogens is 2. The number of rotatable bonds is 7. The molecule has 280 valence electrons. The van der Waals surface area contributed by atoms with Crippen LogP contribution in [0.3, 0.4) is 0 Å². The summed E-state index contributed by atoms with van der Waals surface area (Å²) in [6.07, 6.45) is 0. The van der Waals surface area contributed by atoms with E-state index in [-0.39, 0.29) is 0 Å². The fraction of sp³-hybridized carbons (Fsp3) is 0. The van der Waals surface area contributed by atoms with Gasteiger partial charge in [-0.05, 0) is 119 Å². The van der Waals surface area contributed by atoms with Crippen LogP contribution in [-0.2, 0) is 0 Å². The van der Waals surface area contributed by atoms with Crippen LogP contribution in [-0.4, -0.2) is 9.97 Å². The largest absolute Gasteiger partial charge is 0.228 e. The molecule has 2 nitrogen and oxygen atoms in total. The van der Waals surface area contributed by atoms with Crippen molar-refractivity contribution in [2.45, 2.75) is 0 Å². The first-order valence-electron chi connectivity index (χ1n) is 20.5. The molecule has 0 aliphatic heterocycles. The Balaban J connectivity index is 1.06. The Hall–Kier alpha value is -7.94. The van der Waals surface area contributed by atoms with E-state index in [1.807, 2.05) is 18.2 Å². The summed E-state index contributed by atoms with van der Waals surface area (Å²) in [6, 6.07) is 82.5. The standard InChI is InChI=1S/C58H38N2/c1-4-16-39(17-5-1)48-34-49(40-18-6-2-7-19-40)36-50(35-48)56-38-55(59-58(60-56)42-21-8-3-9-22-42)46-26-14-24-43(32-46)44-25-15-27-47(33-44)57-52-29-13-11-23-45(52)37-54-51-28-12-10-20-41(51)30-31-53(54)57/h1-38H. The van der Waals surface area contributed by atoms with Gasteiger partial charge in [-0.2, -0.15) is 0 Å². The molecule has 0 aliphatic carbocycles. The van der Waals surface area contributed by atoms with Gasteiger partial charge in [-0.3, -0.25) is 0 Å². The molecule has 60 heavy (non-hydrogen) atoms. The molecule has 0 bridgehead atoms. The van der Waals surface area contributed by atoms with Crippen molar-refractivity contribution in [1.29, 1.82) is 0 Å². The third kappa shape index (κ3) is 6.61. The van der Waals surface area contributed by atoms with Crippen LogP contribution in [0.5, 0.6) is 0 Å². The molecule has 0 N–H and O–H groups in total. The third-order valence-electron chi connectivity index (χ3n) is 11.6. The lowest BCUT2D eigenvalue weighted by atomic mass is 9.88. The van der Waals surface area contributed by atoms with Crippen LogP contribution >= 0.6 is 0 Å². The predicted octanol–water partition coefficient (Wildman–Crippen LogP) is 15.6. The van der Waals surface area contributed by atoms with Gasteiger partial charge < -0.3 is 0 Å². The first-order valence-corrected chi connectivity index (χ1v) is 20.5. The van der Waals surface area contributed by atoms with Crippen LogP contribution < -0.4 is 0 Å². The summed E-state index contributed by atoms with van der Waals surface area (Å²) in [6.45, 7) is 0. The van der Waals surface area contributed by atoms with Crippen LogP contribution in [0, 0.1) is 0 Å². The molecule has 10 aromatic carbocycles. The molecule has 0 saturated heterocycles. The topological polar surface area (TPSA) is 25.8 Å². The number of benzene rings is 10. The fourth-order valence-electron chi connectivity index (χ4n) is 8.67. The molecule has 0 fully saturated rings. The van der Waals surface area contributed by atoms with Gasteiger partial charge in [0.05, 0.1) is 11.4 Å². The molecule has 0 unspecified atom stereocenters. The van der Waals surface area contributed by atoms with Crippen LogP contribution in [0.25, 0.3) is 111 Å². The summed E-state index contributed by atoms with van der Waals surface area (Å²) >= 11 is 0. The first-order chi connectivity index (χ1) is 29.7. The minimum Gasteiger partial charge on any atom is -0.228 e. The van der Waals surface area contributed by atoms with Crippen molar-refractivity contribution in [3.8, 4) is 78.4 Å². The van der Waals surface area contributed by atoms with Gasteiger partial charge in [-0.1, -0.05) is 188 Å². The van der Waals surface area contributed by atoms with Crippen LogP contribution in [0.1, 0.15) is 0 Å². The second-order valence-corrected chi connectivity index (χ2v) is 15.4. The molecule has 1 heterocycles. The summed E-state index contributed by atoms with van der Waals surface area (Å²) in [5.41, 5.74) is 14.1. The molecule has 0 spiro atoms. The minimum absolute atomic E-state index is 0.692. The van der Waals surface area contributed by atoms with Crippen LogP contribution in [0.4, 0.5) is 0 Å². The van der Waals surface area contributed by atoms with Gasteiger partial charge in [0, 0.05) is 16.7 Å². The smallest absolute Gasteiger partial charge is 0.160 e. The Labute approximate surface area is 349 Å². The molecular formula is C58H38N2. The average molecular weight is 763 g/mol. The van der Waals surface area contributed by atoms with Crippen molar-refractivity contribution in [2.75, 3.05) is 0 Å². The number of nitrogens with zero attached hydrogens (tertiary/aromatic N) is 2. The Bertz CT molecular complexity index is 3300. The van der Waals surface area contributed by atoms with Crippen molar-refractivity contribution in [3.05, 3.63) is 231 Å². The maximum atomic E-state index is 5.25. The first kappa shape index (κ1) is 35.2. The zero-order chi connectivity index (χ0) is 39.8. The third-order valence-corrected chi connectivity index (χ3v) is 11.6. The Kier molecular flexibility index (Phi) is 8.87. The van der Waals surface area contributed by atoms with Crippen molar-refractivity contribution < 1.29 is 0 Å². The highest BCUT2D eigenvalue weighted by molar-refractivity contribution is 6.20. The van der Waals surface area contributed by atoms with E-state index in [0.717, 1.165) is 61.5 Å². The SMILES string of the molecule is c1ccc(-c2cc(-c3ccccc3)cc(-c3cc(-c4cccc(-c5cccc(-c6c7ccccc7cc7c6ccc6ccccc67)c5)c4)nc(-c4ccccc4)n3)c2)cc1. The zero-order valence-corrected chi connectivity index (χ0v) is 32.8. The van der Waals surface area contributed by atoms with Crippen LogP contribution in [0.2, 0.25) is 0 Å². The second kappa shape index (κ2) is 15.1. The summed E-state index contributed by atoms with van der Waals surface area (Å²) < 4.78 is 0. The Morgan fingerprint density at radius 3 is 1.35 bits per heavy atom. The van der Waals surface area contributed by atoms with Gasteiger partial charge in [-0.15, -0.1) is 0 Å². The Morgan fingerprint density at radius 1 is 0.217 bits per heavy atom. The molecule has 0 saturated carbocycles. The number of hydrogen-bond donors (Lipinski definition) is 0. The van der Waals surface area contributed by atoms with E-state index in [4.69, 9.17) is 9.97 Å².